The molecule has 0 spiro atoms. The van der Waals surface area contributed by atoms with Gasteiger partial charge in [-0.25, -0.2) is 5.10 Å². The van der Waals surface area contributed by atoms with Crippen molar-refractivity contribution in [3.63, 3.8) is 0 Å². The molecule has 4 rings (SSSR count). The molecule has 0 radical (unpaired) electrons. The van der Waals surface area contributed by atoms with Crippen LogP contribution in [-0.2, 0) is 6.54 Å². The smallest absolute Gasteiger partial charge is 0.219 e. The van der Waals surface area contributed by atoms with Gasteiger partial charge in [0.1, 0.15) is 0 Å². The zero-order valence-corrected chi connectivity index (χ0v) is 16.8. The van der Waals surface area contributed by atoms with Crippen LogP contribution in [0, 0.1) is 18.6 Å². The quantitative estimate of drug-likeness (QED) is 0.384. The molecule has 7 nitrogen and oxygen atoms in total. The Morgan fingerprint density at radius 2 is 2.07 bits per heavy atom. The molecule has 0 saturated carbocycles. The van der Waals surface area contributed by atoms with E-state index in [0.29, 0.717) is 22.9 Å². The van der Waals surface area contributed by atoms with Crippen LogP contribution in [-0.4, -0.2) is 30.9 Å². The summed E-state index contributed by atoms with van der Waals surface area (Å²) < 4.78 is 9.22. The van der Waals surface area contributed by atoms with Crippen LogP contribution in [0.5, 0.6) is 0 Å². The van der Waals surface area contributed by atoms with E-state index in [1.165, 1.54) is 4.68 Å². The molecule has 0 saturated heterocycles. The first kappa shape index (κ1) is 18.4. The number of nitrogens with one attached hydrogen (secondary N) is 1. The molecule has 0 atom stereocenters. The zero-order valence-electron chi connectivity index (χ0n) is 15.3. The fraction of sp³-hybridized carbons (Fsp3) is 0.158. The van der Waals surface area contributed by atoms with Crippen LogP contribution in [0.15, 0.2) is 52.2 Å². The van der Waals surface area contributed by atoms with E-state index < -0.39 is 0 Å². The molecular weight excluding hydrogens is 396 g/mol. The van der Waals surface area contributed by atoms with E-state index in [1.807, 2.05) is 42.8 Å². The second-order valence-electron chi connectivity index (χ2n) is 6.22. The van der Waals surface area contributed by atoms with Crippen molar-refractivity contribution in [2.45, 2.75) is 20.4 Å². The fourth-order valence-corrected chi connectivity index (χ4v) is 3.29. The van der Waals surface area contributed by atoms with Gasteiger partial charge in [-0.1, -0.05) is 29.8 Å². The number of benzene rings is 1. The predicted molar refractivity (Wildman–Crippen MR) is 110 cm³/mol. The van der Waals surface area contributed by atoms with Crippen molar-refractivity contribution >= 4 is 30.0 Å². The maximum Gasteiger partial charge on any atom is 0.219 e. The largest absolute Gasteiger partial charge is 0.461 e. The highest BCUT2D eigenvalue weighted by Gasteiger charge is 2.13. The van der Waals surface area contributed by atoms with Crippen molar-refractivity contribution in [2.75, 3.05) is 0 Å². The maximum atomic E-state index is 6.28. The zero-order chi connectivity index (χ0) is 19.7. The number of aromatic amines is 1. The Labute approximate surface area is 171 Å². The summed E-state index contributed by atoms with van der Waals surface area (Å²) in [6.07, 6.45) is 3.31. The van der Waals surface area contributed by atoms with Crippen molar-refractivity contribution in [3.8, 4) is 11.6 Å². The second kappa shape index (κ2) is 7.57. The van der Waals surface area contributed by atoms with Gasteiger partial charge in [0.15, 0.2) is 5.76 Å². The highest BCUT2D eigenvalue weighted by molar-refractivity contribution is 7.71. The first-order valence-corrected chi connectivity index (χ1v) is 9.36. The van der Waals surface area contributed by atoms with Crippen LogP contribution in [0.3, 0.4) is 0 Å². The van der Waals surface area contributed by atoms with Gasteiger partial charge >= 0.3 is 0 Å². The van der Waals surface area contributed by atoms with Gasteiger partial charge in [0, 0.05) is 16.3 Å². The molecular formula is C19H17ClN6OS. The summed E-state index contributed by atoms with van der Waals surface area (Å²) in [5.74, 6) is 1.08. The Balaban J connectivity index is 1.67. The third kappa shape index (κ3) is 3.44. The molecule has 9 heteroatoms. The monoisotopic (exact) mass is 412 g/mol. The normalized spacial score (nSPS) is 11.5. The highest BCUT2D eigenvalue weighted by atomic mass is 35.5. The van der Waals surface area contributed by atoms with Gasteiger partial charge in [-0.2, -0.15) is 14.9 Å². The number of rotatable bonds is 5. The summed E-state index contributed by atoms with van der Waals surface area (Å²) in [6.45, 7) is 4.53. The van der Waals surface area contributed by atoms with E-state index in [1.54, 1.807) is 24.6 Å². The number of halogens is 1. The molecule has 3 aromatic heterocycles. The SMILES string of the molecule is Cc1nn(Cc2ccccc2Cl)c(C)c1C=Nn1c(-c2ccco2)n[nH]c1=S. The van der Waals surface area contributed by atoms with Crippen LogP contribution < -0.4 is 0 Å². The van der Waals surface area contributed by atoms with E-state index in [2.05, 4.69) is 20.4 Å². The number of aryl methyl sites for hydroxylation is 1. The molecule has 0 amide bonds. The minimum Gasteiger partial charge on any atom is -0.461 e. The van der Waals surface area contributed by atoms with Crippen molar-refractivity contribution < 1.29 is 4.42 Å². The third-order valence-electron chi connectivity index (χ3n) is 4.41. The van der Waals surface area contributed by atoms with Crippen LogP contribution in [0.25, 0.3) is 11.6 Å². The number of hydrogen-bond donors (Lipinski definition) is 1. The average Bonchev–Trinajstić information content (AvgIpc) is 3.38. The average molecular weight is 413 g/mol. The van der Waals surface area contributed by atoms with E-state index in [0.717, 1.165) is 27.5 Å². The molecule has 0 aliphatic heterocycles. The summed E-state index contributed by atoms with van der Waals surface area (Å²) in [7, 11) is 0. The fourth-order valence-electron chi connectivity index (χ4n) is 2.92. The topological polar surface area (TPSA) is 76.9 Å². The van der Waals surface area contributed by atoms with E-state index in [4.69, 9.17) is 28.2 Å². The molecule has 4 aromatic rings. The van der Waals surface area contributed by atoms with E-state index in [-0.39, 0.29) is 0 Å². The first-order valence-electron chi connectivity index (χ1n) is 8.57. The van der Waals surface area contributed by atoms with Gasteiger partial charge in [-0.15, -0.1) is 5.10 Å². The number of aromatic nitrogens is 5. The standard InChI is InChI=1S/C19H17ClN6OS/c1-12-15(13(2)25(24-12)11-14-6-3-4-7-16(14)20)10-21-26-18(22-23-19(26)28)17-8-5-9-27-17/h3-10H,11H2,1-2H3,(H,23,28). The van der Waals surface area contributed by atoms with Crippen LogP contribution >= 0.6 is 23.8 Å². The molecule has 3 heterocycles. The molecule has 28 heavy (non-hydrogen) atoms. The minimum absolute atomic E-state index is 0.376. The molecule has 0 bridgehead atoms. The van der Waals surface area contributed by atoms with Crippen molar-refractivity contribution in [2.24, 2.45) is 5.10 Å². The van der Waals surface area contributed by atoms with Crippen molar-refractivity contribution in [1.82, 2.24) is 24.7 Å². The van der Waals surface area contributed by atoms with Crippen LogP contribution in [0.1, 0.15) is 22.5 Å². The molecule has 1 N–H and O–H groups in total. The lowest BCUT2D eigenvalue weighted by atomic mass is 10.2. The van der Waals surface area contributed by atoms with Crippen molar-refractivity contribution in [1.29, 1.82) is 0 Å². The van der Waals surface area contributed by atoms with Gasteiger partial charge in [0.25, 0.3) is 0 Å². The van der Waals surface area contributed by atoms with Crippen LogP contribution in [0.4, 0.5) is 0 Å². The Hall–Kier alpha value is -2.97. The summed E-state index contributed by atoms with van der Waals surface area (Å²) in [6, 6.07) is 11.3. The second-order valence-corrected chi connectivity index (χ2v) is 7.01. The molecule has 0 aliphatic rings. The molecule has 1 aromatic carbocycles. The first-order chi connectivity index (χ1) is 13.5. The molecule has 0 unspecified atom stereocenters. The maximum absolute atomic E-state index is 6.28. The molecule has 142 valence electrons. The van der Waals surface area contributed by atoms with Crippen molar-refractivity contribution in [3.05, 3.63) is 75.0 Å². The van der Waals surface area contributed by atoms with Gasteiger partial charge in [-0.3, -0.25) is 4.68 Å². The number of H-pyrrole nitrogens is 1. The lowest BCUT2D eigenvalue weighted by Crippen LogP contribution is -2.05. The number of hydrogen-bond acceptors (Lipinski definition) is 5. The van der Waals surface area contributed by atoms with Gasteiger partial charge in [-0.05, 0) is 49.8 Å². The van der Waals surface area contributed by atoms with E-state index >= 15 is 0 Å². The Morgan fingerprint density at radius 3 is 2.82 bits per heavy atom. The third-order valence-corrected chi connectivity index (χ3v) is 5.04. The lowest BCUT2D eigenvalue weighted by molar-refractivity contribution is 0.573. The minimum atomic E-state index is 0.376. The van der Waals surface area contributed by atoms with Gasteiger partial charge in [0.05, 0.1) is 24.7 Å². The summed E-state index contributed by atoms with van der Waals surface area (Å²) in [4.78, 5) is 0. The highest BCUT2D eigenvalue weighted by Crippen LogP contribution is 2.20. The summed E-state index contributed by atoms with van der Waals surface area (Å²) in [5.41, 5.74) is 3.77. The van der Waals surface area contributed by atoms with E-state index in [9.17, 15) is 0 Å². The van der Waals surface area contributed by atoms with Gasteiger partial charge < -0.3 is 4.42 Å². The summed E-state index contributed by atoms with van der Waals surface area (Å²) >= 11 is 11.6. The molecule has 0 fully saturated rings. The predicted octanol–water partition coefficient (Wildman–Crippen LogP) is 4.60. The summed E-state index contributed by atoms with van der Waals surface area (Å²) in [5, 5.41) is 16.8. The van der Waals surface area contributed by atoms with Gasteiger partial charge in [0.2, 0.25) is 10.6 Å². The Bertz CT molecular complexity index is 1200. The molecule has 0 aliphatic carbocycles. The lowest BCUT2D eigenvalue weighted by Gasteiger charge is -2.06. The Morgan fingerprint density at radius 1 is 1.25 bits per heavy atom. The van der Waals surface area contributed by atoms with Crippen LogP contribution in [0.2, 0.25) is 5.02 Å². The Kier molecular flexibility index (Phi) is 4.97. The number of furan rings is 1. The number of nitrogens with zero attached hydrogens (tertiary/aromatic N) is 5.